The first-order chi connectivity index (χ1) is 49.2. The minimum Gasteiger partial charge on any atom is -0.456 e. The molecule has 19 fully saturated rings. The van der Waals surface area contributed by atoms with Gasteiger partial charge in [-0.1, -0.05) is 97.8 Å². The van der Waals surface area contributed by atoms with Crippen molar-refractivity contribution in [2.24, 2.45) is 123 Å². The topological polar surface area (TPSA) is 149 Å². The summed E-state index contributed by atoms with van der Waals surface area (Å²) in [6.07, 6.45) is 46.6. The molecule has 0 spiro atoms. The van der Waals surface area contributed by atoms with Crippen LogP contribution in [-0.4, -0.2) is 63.6 Å². The van der Waals surface area contributed by atoms with Gasteiger partial charge in [-0.2, -0.15) is 0 Å². The summed E-state index contributed by atoms with van der Waals surface area (Å²) in [5.74, 6) is 14.3. The average molecular weight is 1450 g/mol. The monoisotopic (exact) mass is 1450 g/mol. The number of esters is 5. The molecule has 19 saturated carbocycles. The molecule has 0 N–H and O–H groups in total. The van der Waals surface area contributed by atoms with E-state index in [0.717, 1.165) is 132 Å². The Balaban J connectivity index is 0.000000126. The number of fused-ring (bicyclic) bond motifs is 7. The zero-order valence-electron chi connectivity index (χ0n) is 68.6. The summed E-state index contributed by atoms with van der Waals surface area (Å²) in [5, 5.41) is 0. The fourth-order valence-electron chi connectivity index (χ4n) is 27.5. The van der Waals surface area contributed by atoms with Crippen molar-refractivity contribution in [3.8, 4) is 0 Å². The van der Waals surface area contributed by atoms with Gasteiger partial charge in [-0.15, -0.1) is 0 Å². The summed E-state index contributed by atoms with van der Waals surface area (Å²) in [6, 6.07) is 0. The molecule has 19 aliphatic rings. The third-order valence-corrected chi connectivity index (χ3v) is 32.5. The maximum Gasteiger partial charge on any atom is 0.333 e. The van der Waals surface area contributed by atoms with Crippen LogP contribution >= 0.6 is 0 Å². The molecule has 0 aromatic heterocycles. The van der Waals surface area contributed by atoms with Crippen molar-refractivity contribution in [2.45, 2.75) is 356 Å². The van der Waals surface area contributed by atoms with Crippen molar-refractivity contribution in [2.75, 3.05) is 0 Å². The van der Waals surface area contributed by atoms with E-state index in [1.165, 1.54) is 199 Å². The number of Topliss-reactive ketones (excluding diaryl/α,β-unsaturated/α-hetero) is 1. The van der Waals surface area contributed by atoms with Gasteiger partial charge in [-0.05, 0) is 369 Å². The second-order valence-electron chi connectivity index (χ2n) is 41.2. The average Bonchev–Trinajstić information content (AvgIpc) is 1.50. The minimum atomic E-state index is -0.348. The summed E-state index contributed by atoms with van der Waals surface area (Å²) in [4.78, 5) is 71.0. The molecule has 19 rings (SSSR count). The largest absolute Gasteiger partial charge is 0.456 e. The van der Waals surface area contributed by atoms with Gasteiger partial charge in [0.25, 0.3) is 0 Å². The van der Waals surface area contributed by atoms with Gasteiger partial charge in [0.15, 0.2) is 5.78 Å². The van der Waals surface area contributed by atoms with Crippen LogP contribution in [0.4, 0.5) is 0 Å². The van der Waals surface area contributed by atoms with E-state index in [0.29, 0.717) is 50.9 Å². The number of rotatable bonds is 15. The number of carbonyl (C=O) groups excluding carboxylic acids is 6. The van der Waals surface area contributed by atoms with E-state index in [2.05, 4.69) is 94.9 Å². The Kier molecular flexibility index (Phi) is 24.6. The maximum atomic E-state index is 12.0. The first-order valence-electron chi connectivity index (χ1n) is 42.8. The first-order valence-corrected chi connectivity index (χ1v) is 42.8. The van der Waals surface area contributed by atoms with Crippen molar-refractivity contribution < 1.29 is 52.5 Å². The lowest BCUT2D eigenvalue weighted by Crippen LogP contribution is -2.57. The molecule has 14 bridgehead atoms. The van der Waals surface area contributed by atoms with Gasteiger partial charge in [0.1, 0.15) is 28.0 Å². The lowest BCUT2D eigenvalue weighted by atomic mass is 9.45. The third kappa shape index (κ3) is 17.3. The number of hydrogen-bond donors (Lipinski definition) is 0. The molecule has 0 aromatic carbocycles. The van der Waals surface area contributed by atoms with Gasteiger partial charge >= 0.3 is 29.8 Å². The van der Waals surface area contributed by atoms with Crippen molar-refractivity contribution in [3.05, 3.63) is 72.9 Å². The molecule has 0 radical (unpaired) electrons. The van der Waals surface area contributed by atoms with Gasteiger partial charge in [0, 0.05) is 57.0 Å². The van der Waals surface area contributed by atoms with Crippen LogP contribution in [0.15, 0.2) is 72.9 Å². The van der Waals surface area contributed by atoms with Crippen molar-refractivity contribution in [1.29, 1.82) is 0 Å². The third-order valence-electron chi connectivity index (χ3n) is 32.5. The highest BCUT2D eigenvalue weighted by Gasteiger charge is 2.66. The second-order valence-corrected chi connectivity index (χ2v) is 41.2. The number of ketones is 1. The normalized spacial score (nSPS) is 41.6. The second kappa shape index (κ2) is 31.7. The Labute approximate surface area is 636 Å². The summed E-state index contributed by atoms with van der Waals surface area (Å²) in [7, 11) is 0. The van der Waals surface area contributed by atoms with E-state index in [1.54, 1.807) is 34.6 Å². The Morgan fingerprint density at radius 1 is 0.352 bits per heavy atom. The summed E-state index contributed by atoms with van der Waals surface area (Å²) >= 11 is 0. The van der Waals surface area contributed by atoms with E-state index in [1.807, 2.05) is 6.92 Å². The Morgan fingerprint density at radius 2 is 0.781 bits per heavy atom. The van der Waals surface area contributed by atoms with E-state index < -0.39 is 0 Å². The quantitative estimate of drug-likeness (QED) is 0.0876. The first kappa shape index (κ1) is 81.4. The van der Waals surface area contributed by atoms with Crippen LogP contribution in [0.5, 0.6) is 0 Å². The molecule has 105 heavy (non-hydrogen) atoms. The summed E-state index contributed by atoms with van der Waals surface area (Å²) < 4.78 is 28.8. The van der Waals surface area contributed by atoms with Crippen LogP contribution in [0.25, 0.3) is 0 Å². The van der Waals surface area contributed by atoms with Gasteiger partial charge in [0.05, 0.1) is 0 Å². The zero-order valence-corrected chi connectivity index (χ0v) is 68.6. The Hall–Kier alpha value is -4.54. The van der Waals surface area contributed by atoms with Crippen LogP contribution < -0.4 is 0 Å². The Bertz CT molecular complexity index is 3240. The molecule has 19 aliphatic carbocycles. The lowest BCUT2D eigenvalue weighted by Gasteiger charge is -2.61. The van der Waals surface area contributed by atoms with Gasteiger partial charge in [-0.3, -0.25) is 4.79 Å². The van der Waals surface area contributed by atoms with Crippen LogP contribution in [0.1, 0.15) is 328 Å². The summed E-state index contributed by atoms with van der Waals surface area (Å²) in [6.45, 7) is 50.0. The SMILES string of the molecule is C=C(C)C(=O)CC1(C)C2CC3CC(C2)CC1C3.C=C(C)C(=O)OC(C)(C)C12CC3CC(CC(C3)C1)C2.C=C(C)C(=O)OC(C)(C)C12CC3CC(CC1C3)C2.C=C(C)C(=O)OC1(C)CC2CC1C1CCCC21.C=C(C)C(=O)OC1(C)CCC2CCCCC2C1.C=C(C)C(=O)OC1(C)CCCC2CCCCC21. The van der Waals surface area contributed by atoms with Crippen molar-refractivity contribution in [1.82, 2.24) is 0 Å². The predicted molar refractivity (Wildman–Crippen MR) is 420 cm³/mol. The van der Waals surface area contributed by atoms with Gasteiger partial charge in [0.2, 0.25) is 0 Å². The van der Waals surface area contributed by atoms with Crippen molar-refractivity contribution in [3.63, 3.8) is 0 Å². The molecule has 13 unspecified atom stereocenters. The van der Waals surface area contributed by atoms with Crippen LogP contribution in [0.3, 0.4) is 0 Å². The molecule has 0 aliphatic heterocycles. The van der Waals surface area contributed by atoms with E-state index in [9.17, 15) is 28.8 Å². The zero-order chi connectivity index (χ0) is 76.3. The van der Waals surface area contributed by atoms with Crippen LogP contribution in [-0.2, 0) is 52.5 Å². The number of allylic oxidation sites excluding steroid dienone is 1. The van der Waals surface area contributed by atoms with Crippen LogP contribution in [0.2, 0.25) is 0 Å². The highest BCUT2D eigenvalue weighted by molar-refractivity contribution is 5.94. The fourth-order valence-corrected chi connectivity index (χ4v) is 27.5. The summed E-state index contributed by atoms with van der Waals surface area (Å²) in [5.41, 5.74) is 2.74. The molecular formula is C94H144O11. The molecule has 0 heterocycles. The van der Waals surface area contributed by atoms with Crippen molar-refractivity contribution >= 4 is 35.6 Å². The molecule has 11 nitrogen and oxygen atoms in total. The molecule has 0 aromatic rings. The predicted octanol–water partition coefficient (Wildman–Crippen LogP) is 22.8. The number of carbonyl (C=O) groups is 6. The minimum absolute atomic E-state index is 0.199. The van der Waals surface area contributed by atoms with E-state index >= 15 is 0 Å². The number of ether oxygens (including phenoxy) is 5. The molecule has 0 amide bonds. The number of hydrogen-bond acceptors (Lipinski definition) is 11. The molecule has 586 valence electrons. The standard InChI is InChI=1S/C17H26O2.C16H24O2.C16H24O.C15H22O2.2C15H24O2/c1-11(2)15(18)19-16(3,4)17-8-12-5-13(9-17)7-14(6-12)10-17;1-10(2)14(17)18-15(3,4)16-8-11-5-12(9-16)7-13(16)6-11;1-10(2)15(17)9-16(3)13-5-11-4-12(7-13)8-14(16)6-11;1-9(2)14(16)17-15(3)8-10-7-13(15)12-6-4-5-11(10)12;1-11(2)14(16)17-15(3)10-6-8-12-7-4-5-9-13(12)15;1-11(2)14(16)17-15(3)9-8-12-6-4-5-7-13(12)10-15/h12-14H,1,5-10H2,2-4H3;11-13H,1,5-9H2,2-4H3;11-14H,1,4-9H2,2-3H3;10-13H,1,4-8H2,2-3H3;2*12-13H,1,4-10H2,2-3H3. The molecule has 13 atom stereocenters. The van der Waals surface area contributed by atoms with Crippen LogP contribution in [0, 0.1) is 123 Å². The highest BCUT2D eigenvalue weighted by Crippen LogP contribution is 2.71. The maximum absolute atomic E-state index is 12.0. The van der Waals surface area contributed by atoms with E-state index in [4.69, 9.17) is 23.7 Å². The lowest BCUT2D eigenvalue weighted by molar-refractivity contribution is -0.195. The van der Waals surface area contributed by atoms with E-state index in [-0.39, 0.29) is 68.7 Å². The molecule has 11 heteroatoms. The molecule has 0 saturated heterocycles. The van der Waals surface area contributed by atoms with Gasteiger partial charge in [-0.25, -0.2) is 24.0 Å². The smallest absolute Gasteiger partial charge is 0.333 e. The fraction of sp³-hybridized carbons (Fsp3) is 0.809. The van der Waals surface area contributed by atoms with Gasteiger partial charge < -0.3 is 23.7 Å². The Morgan fingerprint density at radius 3 is 1.30 bits per heavy atom. The molecular weight excluding hydrogens is 1310 g/mol. The highest BCUT2D eigenvalue weighted by atomic mass is 16.6.